The van der Waals surface area contributed by atoms with Gasteiger partial charge in [-0.05, 0) is 43.0 Å². The van der Waals surface area contributed by atoms with Crippen LogP contribution in [-0.2, 0) is 21.3 Å². The molecular formula is C28H24F3N5O4S2. The van der Waals surface area contributed by atoms with Crippen molar-refractivity contribution in [2.45, 2.75) is 24.3 Å². The van der Waals surface area contributed by atoms with Crippen LogP contribution in [0.1, 0.15) is 12.8 Å². The second kappa shape index (κ2) is 11.0. The number of pyridine rings is 2. The maximum atomic E-state index is 15.9. The number of benzene rings is 2. The van der Waals surface area contributed by atoms with Crippen LogP contribution in [0.5, 0.6) is 0 Å². The highest BCUT2D eigenvalue weighted by atomic mass is 32.2. The van der Waals surface area contributed by atoms with Gasteiger partial charge in [-0.15, -0.1) is 11.3 Å². The van der Waals surface area contributed by atoms with Crippen LogP contribution in [0.2, 0.25) is 0 Å². The van der Waals surface area contributed by atoms with Gasteiger partial charge in [0.1, 0.15) is 22.3 Å². The number of aromatic nitrogens is 3. The zero-order chi connectivity index (χ0) is 29.6. The Kier molecular flexibility index (Phi) is 7.37. The Hall–Kier alpha value is -4.01. The number of sulfonamides is 1. The predicted octanol–water partition coefficient (Wildman–Crippen LogP) is 5.36. The molecule has 1 aliphatic carbocycles. The number of fused-ring (bicyclic) bond motifs is 2. The molecule has 1 saturated carbocycles. The summed E-state index contributed by atoms with van der Waals surface area (Å²) in [6.07, 6.45) is 3.34. The number of nitrogens with zero attached hydrogens (tertiary/aromatic N) is 3. The number of anilines is 2. The molecule has 0 unspecified atom stereocenters. The average molecular weight is 616 g/mol. The molecule has 1 fully saturated rings. The van der Waals surface area contributed by atoms with Gasteiger partial charge in [0.2, 0.25) is 0 Å². The molecule has 1 aliphatic rings. The Morgan fingerprint density at radius 1 is 1.10 bits per heavy atom. The Morgan fingerprint density at radius 2 is 1.90 bits per heavy atom. The van der Waals surface area contributed by atoms with Crippen molar-refractivity contribution in [3.63, 3.8) is 0 Å². The lowest BCUT2D eigenvalue weighted by Gasteiger charge is -2.16. The average Bonchev–Trinajstić information content (AvgIpc) is 3.66. The van der Waals surface area contributed by atoms with Crippen LogP contribution in [-0.4, -0.2) is 43.2 Å². The molecule has 0 aliphatic heterocycles. The molecule has 3 aromatic heterocycles. The number of halogens is 3. The van der Waals surface area contributed by atoms with E-state index in [2.05, 4.69) is 15.3 Å². The van der Waals surface area contributed by atoms with E-state index in [9.17, 15) is 17.6 Å². The van der Waals surface area contributed by atoms with Gasteiger partial charge < -0.3 is 14.6 Å². The Labute approximate surface area is 242 Å². The van der Waals surface area contributed by atoms with Crippen LogP contribution in [0.3, 0.4) is 0 Å². The lowest BCUT2D eigenvalue weighted by atomic mass is 10.0. The van der Waals surface area contributed by atoms with Gasteiger partial charge in [-0.2, -0.15) is 0 Å². The summed E-state index contributed by atoms with van der Waals surface area (Å²) in [6.45, 7) is 1.28. The number of methoxy groups -OCH3 is 1. The van der Waals surface area contributed by atoms with Crippen LogP contribution in [0, 0.1) is 23.4 Å². The first kappa shape index (κ1) is 28.1. The molecule has 0 bridgehead atoms. The molecular weight excluding hydrogens is 591 g/mol. The molecule has 42 heavy (non-hydrogen) atoms. The minimum absolute atomic E-state index is 0.248. The summed E-state index contributed by atoms with van der Waals surface area (Å²) < 4.78 is 81.0. The van der Waals surface area contributed by atoms with Gasteiger partial charge in [0.25, 0.3) is 15.6 Å². The molecule has 6 rings (SSSR count). The molecule has 9 nitrogen and oxygen atoms in total. The van der Waals surface area contributed by atoms with E-state index < -0.39 is 49.2 Å². The summed E-state index contributed by atoms with van der Waals surface area (Å²) in [4.78, 5) is 21.3. The van der Waals surface area contributed by atoms with Crippen molar-refractivity contribution in [3.05, 3.63) is 75.9 Å². The molecule has 2 N–H and O–H groups in total. The van der Waals surface area contributed by atoms with E-state index in [4.69, 9.17) is 4.74 Å². The van der Waals surface area contributed by atoms with Crippen LogP contribution in [0.15, 0.2) is 57.8 Å². The Bertz CT molecular complexity index is 2010. The van der Waals surface area contributed by atoms with Crippen LogP contribution < -0.4 is 15.6 Å². The first-order chi connectivity index (χ1) is 20.2. The smallest absolute Gasteiger partial charge is 0.264 e. The van der Waals surface area contributed by atoms with Crippen molar-refractivity contribution in [2.75, 3.05) is 30.3 Å². The van der Waals surface area contributed by atoms with Crippen molar-refractivity contribution in [1.82, 2.24) is 14.5 Å². The minimum atomic E-state index is -4.64. The van der Waals surface area contributed by atoms with Gasteiger partial charge in [-0.1, -0.05) is 0 Å². The van der Waals surface area contributed by atoms with Crippen molar-refractivity contribution in [3.8, 4) is 11.1 Å². The highest BCUT2D eigenvalue weighted by molar-refractivity contribution is 7.92. The topological polar surface area (TPSA) is 115 Å². The summed E-state index contributed by atoms with van der Waals surface area (Å²) in [5.74, 6) is -2.69. The fourth-order valence-electron chi connectivity index (χ4n) is 4.71. The summed E-state index contributed by atoms with van der Waals surface area (Å²) in [5.41, 5.74) is -0.0175. The highest BCUT2D eigenvalue weighted by Crippen LogP contribution is 2.35. The van der Waals surface area contributed by atoms with E-state index in [0.717, 1.165) is 48.4 Å². The standard InChI is InChI=1S/C28H24F3N5O4S2/c1-40-7-6-32-25-10-22-16(12-33-25)8-17(28(37)36(22)13-15-2-3-15)26-18(29)4-5-20(27(26)31)35-42(38,39)24-11-23-21(9-19(24)30)34-14-41-23/h4-5,8-12,14-15,35H,2-3,6-7,13H2,1H3,(H,32,33). The quantitative estimate of drug-likeness (QED) is 0.203. The van der Waals surface area contributed by atoms with E-state index in [0.29, 0.717) is 41.1 Å². The first-order valence-electron chi connectivity index (χ1n) is 13.0. The molecule has 0 spiro atoms. The van der Waals surface area contributed by atoms with Crippen LogP contribution in [0.25, 0.3) is 32.2 Å². The number of hydrogen-bond acceptors (Lipinski definition) is 8. The molecule has 0 radical (unpaired) electrons. The summed E-state index contributed by atoms with van der Waals surface area (Å²) in [5, 5.41) is 3.57. The molecule has 3 heterocycles. The van der Waals surface area contributed by atoms with E-state index in [1.54, 1.807) is 13.2 Å². The Balaban J connectivity index is 1.44. The Morgan fingerprint density at radius 3 is 2.67 bits per heavy atom. The van der Waals surface area contributed by atoms with Gasteiger partial charge in [0.15, 0.2) is 5.82 Å². The van der Waals surface area contributed by atoms with E-state index >= 15 is 8.78 Å². The zero-order valence-electron chi connectivity index (χ0n) is 22.2. The zero-order valence-corrected chi connectivity index (χ0v) is 23.8. The summed E-state index contributed by atoms with van der Waals surface area (Å²) >= 11 is 1.11. The van der Waals surface area contributed by atoms with E-state index in [1.807, 2.05) is 4.72 Å². The SMILES string of the molecule is COCCNc1cc2c(cn1)cc(-c1c(F)ccc(NS(=O)(=O)c3cc4scnc4cc3F)c1F)c(=O)n2CC1CC1. The third-order valence-corrected chi connectivity index (χ3v) is 9.18. The van der Waals surface area contributed by atoms with Gasteiger partial charge in [0.05, 0.1) is 44.7 Å². The van der Waals surface area contributed by atoms with Crippen LogP contribution >= 0.6 is 11.3 Å². The van der Waals surface area contributed by atoms with Gasteiger partial charge in [-0.25, -0.2) is 31.6 Å². The fraction of sp³-hybridized carbons (Fsp3) is 0.250. The maximum Gasteiger partial charge on any atom is 0.264 e. The van der Waals surface area contributed by atoms with Gasteiger partial charge >= 0.3 is 0 Å². The number of thiazole rings is 1. The summed E-state index contributed by atoms with van der Waals surface area (Å²) in [6, 6.07) is 6.84. The largest absolute Gasteiger partial charge is 0.383 e. The number of nitrogens with one attached hydrogen (secondary N) is 2. The molecule has 5 aromatic rings. The van der Waals surface area contributed by atoms with Gasteiger partial charge in [-0.3, -0.25) is 9.52 Å². The highest BCUT2D eigenvalue weighted by Gasteiger charge is 2.28. The van der Waals surface area contributed by atoms with Crippen LogP contribution in [0.4, 0.5) is 24.7 Å². The molecule has 0 amide bonds. The predicted molar refractivity (Wildman–Crippen MR) is 155 cm³/mol. The summed E-state index contributed by atoms with van der Waals surface area (Å²) in [7, 11) is -3.07. The van der Waals surface area contributed by atoms with Crippen molar-refractivity contribution < 1.29 is 26.3 Å². The number of rotatable bonds is 10. The second-order valence-corrected chi connectivity index (χ2v) is 12.5. The van der Waals surface area contributed by atoms with E-state index in [-0.39, 0.29) is 17.0 Å². The third kappa shape index (κ3) is 5.32. The molecule has 0 saturated heterocycles. The van der Waals surface area contributed by atoms with Crippen molar-refractivity contribution >= 4 is 54.0 Å². The third-order valence-electron chi connectivity index (χ3n) is 7.01. The van der Waals surface area contributed by atoms with Gasteiger partial charge in [0, 0.05) is 43.9 Å². The minimum Gasteiger partial charge on any atom is -0.383 e. The van der Waals surface area contributed by atoms with Crippen molar-refractivity contribution in [2.24, 2.45) is 5.92 Å². The molecule has 2 aromatic carbocycles. The second-order valence-electron chi connectivity index (χ2n) is 9.96. The maximum absolute atomic E-state index is 15.9. The lowest BCUT2D eigenvalue weighted by Crippen LogP contribution is -2.24. The van der Waals surface area contributed by atoms with E-state index in [1.165, 1.54) is 22.3 Å². The fourth-order valence-corrected chi connectivity index (χ4v) is 6.63. The number of ether oxygens (including phenoxy) is 1. The first-order valence-corrected chi connectivity index (χ1v) is 15.3. The normalized spacial score (nSPS) is 13.6. The lowest BCUT2D eigenvalue weighted by molar-refractivity contribution is 0.210. The molecule has 0 atom stereocenters. The number of hydrogen-bond donors (Lipinski definition) is 2. The molecule has 14 heteroatoms. The van der Waals surface area contributed by atoms with Crippen molar-refractivity contribution in [1.29, 1.82) is 0 Å². The monoisotopic (exact) mass is 615 g/mol. The molecule has 218 valence electrons.